The molecular weight excluding hydrogens is 272 g/mol. The van der Waals surface area contributed by atoms with Crippen LogP contribution in [-0.2, 0) is 7.05 Å². The first-order chi connectivity index (χ1) is 9.72. The SMILES string of the molecule is C=CC.COc1c(C(=O)O)nc(C(C)C(C)C)n(C)c1=O. The number of aromatic carboxylic acids is 1. The van der Waals surface area contributed by atoms with E-state index in [1.807, 2.05) is 27.7 Å². The standard InChI is InChI=1S/C12H18N2O4.C3H6/c1-6(2)7(3)10-13-8(12(16)17)9(18-5)11(15)14(10)4;1-3-2/h6-7H,1-5H3,(H,16,17);3H,1H2,2H3. The zero-order chi connectivity index (χ0) is 16.7. The fourth-order valence-corrected chi connectivity index (χ4v) is 1.63. The number of carboxylic acids is 1. The van der Waals surface area contributed by atoms with Crippen LogP contribution in [-0.4, -0.2) is 27.7 Å². The predicted molar refractivity (Wildman–Crippen MR) is 82.1 cm³/mol. The highest BCUT2D eigenvalue weighted by Crippen LogP contribution is 2.22. The number of carboxylic acid groups (broad SMARTS) is 1. The van der Waals surface area contributed by atoms with Crippen LogP contribution in [0.4, 0.5) is 0 Å². The first kappa shape index (κ1) is 18.9. The Morgan fingerprint density at radius 1 is 1.43 bits per heavy atom. The third-order valence-electron chi connectivity index (χ3n) is 3.10. The number of ether oxygens (including phenoxy) is 1. The Labute approximate surface area is 125 Å². The van der Waals surface area contributed by atoms with Crippen LogP contribution in [0, 0.1) is 5.92 Å². The molecule has 0 spiro atoms. The number of methoxy groups -OCH3 is 1. The zero-order valence-corrected chi connectivity index (χ0v) is 13.5. The van der Waals surface area contributed by atoms with Crippen LogP contribution in [0.3, 0.4) is 0 Å². The van der Waals surface area contributed by atoms with Crippen LogP contribution < -0.4 is 10.3 Å². The highest BCUT2D eigenvalue weighted by atomic mass is 16.5. The number of hydrogen-bond donors (Lipinski definition) is 1. The summed E-state index contributed by atoms with van der Waals surface area (Å²) in [6, 6.07) is 0. The maximum atomic E-state index is 12.0. The molecule has 118 valence electrons. The number of carbonyl (C=O) groups is 1. The third kappa shape index (κ3) is 4.44. The average Bonchev–Trinajstić information content (AvgIpc) is 2.41. The lowest BCUT2D eigenvalue weighted by molar-refractivity contribution is 0.0685. The number of aromatic nitrogens is 2. The molecule has 0 aliphatic carbocycles. The summed E-state index contributed by atoms with van der Waals surface area (Å²) < 4.78 is 6.18. The molecular formula is C15H24N2O4. The molecule has 0 aliphatic heterocycles. The van der Waals surface area contributed by atoms with Crippen LogP contribution >= 0.6 is 0 Å². The molecule has 0 fully saturated rings. The molecule has 0 radical (unpaired) electrons. The molecule has 0 bridgehead atoms. The minimum atomic E-state index is -1.26. The average molecular weight is 296 g/mol. The van der Waals surface area contributed by atoms with Crippen LogP contribution in [0.2, 0.25) is 0 Å². The number of allylic oxidation sites excluding steroid dienone is 1. The summed E-state index contributed by atoms with van der Waals surface area (Å²) in [6.45, 7) is 11.1. The zero-order valence-electron chi connectivity index (χ0n) is 13.5. The molecule has 0 saturated heterocycles. The highest BCUT2D eigenvalue weighted by molar-refractivity contribution is 5.88. The fourth-order valence-electron chi connectivity index (χ4n) is 1.63. The van der Waals surface area contributed by atoms with Crippen molar-refractivity contribution in [2.24, 2.45) is 13.0 Å². The minimum Gasteiger partial charge on any atom is -0.489 e. The van der Waals surface area contributed by atoms with Crippen LogP contribution in [0.5, 0.6) is 5.75 Å². The van der Waals surface area contributed by atoms with Gasteiger partial charge in [-0.25, -0.2) is 9.78 Å². The summed E-state index contributed by atoms with van der Waals surface area (Å²) in [5.74, 6) is -0.815. The van der Waals surface area contributed by atoms with Gasteiger partial charge in [-0.15, -0.1) is 6.58 Å². The van der Waals surface area contributed by atoms with Gasteiger partial charge in [0.2, 0.25) is 5.75 Å². The molecule has 0 aliphatic rings. The number of rotatable bonds is 4. The lowest BCUT2D eigenvalue weighted by Gasteiger charge is -2.19. The van der Waals surface area contributed by atoms with Gasteiger partial charge in [-0.1, -0.05) is 26.8 Å². The Hall–Kier alpha value is -2.11. The summed E-state index contributed by atoms with van der Waals surface area (Å²) in [7, 11) is 2.83. The normalized spacial score (nSPS) is 11.4. The lowest BCUT2D eigenvalue weighted by atomic mass is 9.97. The van der Waals surface area contributed by atoms with E-state index in [0.29, 0.717) is 5.82 Å². The number of nitrogens with zero attached hydrogens (tertiary/aromatic N) is 2. The van der Waals surface area contributed by atoms with E-state index in [1.54, 1.807) is 13.1 Å². The van der Waals surface area contributed by atoms with Gasteiger partial charge in [0.1, 0.15) is 5.82 Å². The molecule has 1 unspecified atom stereocenters. The number of hydrogen-bond acceptors (Lipinski definition) is 4. The molecule has 1 aromatic rings. The maximum Gasteiger partial charge on any atom is 0.358 e. The van der Waals surface area contributed by atoms with E-state index in [4.69, 9.17) is 9.84 Å². The molecule has 1 rings (SSSR count). The second kappa shape index (κ2) is 8.24. The summed E-state index contributed by atoms with van der Waals surface area (Å²) in [5, 5.41) is 9.07. The second-order valence-electron chi connectivity index (χ2n) is 4.96. The molecule has 1 heterocycles. The molecule has 1 N–H and O–H groups in total. The van der Waals surface area contributed by atoms with Gasteiger partial charge in [0.05, 0.1) is 7.11 Å². The molecule has 0 aromatic carbocycles. The van der Waals surface area contributed by atoms with E-state index in [0.717, 1.165) is 0 Å². The third-order valence-corrected chi connectivity index (χ3v) is 3.10. The largest absolute Gasteiger partial charge is 0.489 e. The molecule has 6 nitrogen and oxygen atoms in total. The van der Waals surface area contributed by atoms with Crippen molar-refractivity contribution in [1.82, 2.24) is 9.55 Å². The van der Waals surface area contributed by atoms with Crippen molar-refractivity contribution in [3.05, 3.63) is 34.5 Å². The van der Waals surface area contributed by atoms with E-state index in [9.17, 15) is 9.59 Å². The van der Waals surface area contributed by atoms with E-state index in [-0.39, 0.29) is 23.3 Å². The van der Waals surface area contributed by atoms with Gasteiger partial charge in [0.15, 0.2) is 5.69 Å². The second-order valence-corrected chi connectivity index (χ2v) is 4.96. The Morgan fingerprint density at radius 3 is 2.24 bits per heavy atom. The summed E-state index contributed by atoms with van der Waals surface area (Å²) in [6.07, 6.45) is 1.75. The van der Waals surface area contributed by atoms with Gasteiger partial charge < -0.3 is 9.84 Å². The molecule has 21 heavy (non-hydrogen) atoms. The molecule has 0 saturated carbocycles. The van der Waals surface area contributed by atoms with Gasteiger partial charge in [-0.2, -0.15) is 0 Å². The predicted octanol–water partition coefficient (Wildman–Crippen LogP) is 2.44. The Morgan fingerprint density at radius 2 is 1.90 bits per heavy atom. The Kier molecular flexibility index (Phi) is 7.41. The van der Waals surface area contributed by atoms with Gasteiger partial charge in [0, 0.05) is 13.0 Å². The van der Waals surface area contributed by atoms with Gasteiger partial charge >= 0.3 is 5.97 Å². The van der Waals surface area contributed by atoms with Crippen molar-refractivity contribution >= 4 is 5.97 Å². The molecule has 1 aromatic heterocycles. The first-order valence-corrected chi connectivity index (χ1v) is 6.68. The van der Waals surface area contributed by atoms with Gasteiger partial charge in [0.25, 0.3) is 5.56 Å². The smallest absolute Gasteiger partial charge is 0.358 e. The van der Waals surface area contributed by atoms with Crippen molar-refractivity contribution in [3.8, 4) is 5.75 Å². The van der Waals surface area contributed by atoms with Crippen LogP contribution in [0.15, 0.2) is 17.4 Å². The molecule has 6 heteroatoms. The van der Waals surface area contributed by atoms with Crippen molar-refractivity contribution in [3.63, 3.8) is 0 Å². The van der Waals surface area contributed by atoms with Gasteiger partial charge in [-0.05, 0) is 12.8 Å². The van der Waals surface area contributed by atoms with Crippen molar-refractivity contribution in [1.29, 1.82) is 0 Å². The van der Waals surface area contributed by atoms with E-state index < -0.39 is 11.5 Å². The van der Waals surface area contributed by atoms with Crippen LogP contribution in [0.25, 0.3) is 0 Å². The summed E-state index contributed by atoms with van der Waals surface area (Å²) in [4.78, 5) is 27.2. The Balaban J connectivity index is 0.00000122. The molecule has 1 atom stereocenters. The van der Waals surface area contributed by atoms with Crippen molar-refractivity contribution in [2.45, 2.75) is 33.6 Å². The van der Waals surface area contributed by atoms with E-state index >= 15 is 0 Å². The monoisotopic (exact) mass is 296 g/mol. The van der Waals surface area contributed by atoms with Crippen molar-refractivity contribution in [2.75, 3.05) is 7.11 Å². The Bertz CT molecular complexity index is 562. The topological polar surface area (TPSA) is 81.4 Å². The first-order valence-electron chi connectivity index (χ1n) is 6.68. The van der Waals surface area contributed by atoms with Crippen molar-refractivity contribution < 1.29 is 14.6 Å². The van der Waals surface area contributed by atoms with E-state index in [2.05, 4.69) is 11.6 Å². The minimum absolute atomic E-state index is 0.0216. The van der Waals surface area contributed by atoms with E-state index in [1.165, 1.54) is 11.7 Å². The quantitative estimate of drug-likeness (QED) is 0.863. The fraction of sp³-hybridized carbons (Fsp3) is 0.533. The highest BCUT2D eigenvalue weighted by Gasteiger charge is 2.24. The lowest BCUT2D eigenvalue weighted by Crippen LogP contribution is -2.29. The maximum absolute atomic E-state index is 12.0. The van der Waals surface area contributed by atoms with Gasteiger partial charge in [-0.3, -0.25) is 9.36 Å². The summed E-state index contributed by atoms with van der Waals surface area (Å²) >= 11 is 0. The van der Waals surface area contributed by atoms with Crippen LogP contribution in [0.1, 0.15) is 49.9 Å². The molecule has 0 amide bonds. The summed E-state index contributed by atoms with van der Waals surface area (Å²) in [5.41, 5.74) is -0.810.